The monoisotopic (exact) mass is 375 g/mol. The number of rotatable bonds is 5. The van der Waals surface area contributed by atoms with Gasteiger partial charge in [-0.3, -0.25) is 4.72 Å². The maximum Gasteiger partial charge on any atom is 0.282 e. The molecule has 0 spiro atoms. The van der Waals surface area contributed by atoms with Crippen molar-refractivity contribution < 1.29 is 13.2 Å². The molecule has 0 saturated heterocycles. The molecule has 0 radical (unpaired) electrons. The molecule has 21 heavy (non-hydrogen) atoms. The van der Waals surface area contributed by atoms with Crippen LogP contribution in [0, 0.1) is 0 Å². The average Bonchev–Trinajstić information content (AvgIpc) is 2.71. The largest absolute Gasteiger partial charge is 0.473 e. The molecule has 0 saturated carbocycles. The molecule has 0 aromatic carbocycles. The number of anilines is 1. The Morgan fingerprint density at radius 2 is 2.14 bits per heavy atom. The number of halogens is 1. The normalized spacial score (nSPS) is 11.7. The molecule has 2 heterocycles. The smallest absolute Gasteiger partial charge is 0.282 e. The van der Waals surface area contributed by atoms with Gasteiger partial charge in [-0.05, 0) is 41.9 Å². The van der Waals surface area contributed by atoms with Crippen molar-refractivity contribution in [1.29, 1.82) is 0 Å². The van der Waals surface area contributed by atoms with Crippen molar-refractivity contribution in [2.75, 3.05) is 4.72 Å². The highest BCUT2D eigenvalue weighted by molar-refractivity contribution is 9.10. The SMILES string of the molecule is CC(C)Oc1ncccc1NS(=O)(=O)c1c(Br)nnn1C. The lowest BCUT2D eigenvalue weighted by Gasteiger charge is -2.14. The maximum absolute atomic E-state index is 12.4. The van der Waals surface area contributed by atoms with E-state index < -0.39 is 10.0 Å². The molecule has 0 fully saturated rings. The van der Waals surface area contributed by atoms with Gasteiger partial charge in [0.1, 0.15) is 5.69 Å². The summed E-state index contributed by atoms with van der Waals surface area (Å²) in [4.78, 5) is 4.03. The van der Waals surface area contributed by atoms with Crippen LogP contribution in [0.25, 0.3) is 0 Å². The third-order valence-corrected chi connectivity index (χ3v) is 4.61. The minimum atomic E-state index is -3.87. The lowest BCUT2D eigenvalue weighted by atomic mass is 10.4. The summed E-state index contributed by atoms with van der Waals surface area (Å²) in [6.45, 7) is 3.66. The molecule has 114 valence electrons. The summed E-state index contributed by atoms with van der Waals surface area (Å²) in [6.07, 6.45) is 1.39. The molecule has 0 amide bonds. The third kappa shape index (κ3) is 3.50. The Labute approximate surface area is 130 Å². The lowest BCUT2D eigenvalue weighted by molar-refractivity contribution is 0.234. The number of nitrogens with one attached hydrogen (secondary N) is 1. The van der Waals surface area contributed by atoms with Crippen LogP contribution in [-0.2, 0) is 17.1 Å². The van der Waals surface area contributed by atoms with E-state index in [1.807, 2.05) is 13.8 Å². The van der Waals surface area contributed by atoms with Crippen LogP contribution in [0.1, 0.15) is 13.8 Å². The predicted molar refractivity (Wildman–Crippen MR) is 79.5 cm³/mol. The fourth-order valence-corrected chi connectivity index (χ4v) is 3.74. The molecule has 0 aliphatic carbocycles. The second kappa shape index (κ2) is 5.98. The van der Waals surface area contributed by atoms with Gasteiger partial charge in [-0.25, -0.2) is 9.67 Å². The zero-order valence-corrected chi connectivity index (χ0v) is 14.0. The molecule has 0 unspecified atom stereocenters. The molecule has 0 bridgehead atoms. The van der Waals surface area contributed by atoms with Crippen LogP contribution >= 0.6 is 15.9 Å². The molecule has 8 nitrogen and oxygen atoms in total. The van der Waals surface area contributed by atoms with Gasteiger partial charge in [-0.15, -0.1) is 5.10 Å². The number of hydrogen-bond acceptors (Lipinski definition) is 6. The first-order chi connectivity index (χ1) is 9.81. The molecule has 0 aliphatic heterocycles. The molecule has 2 rings (SSSR count). The third-order valence-electron chi connectivity index (χ3n) is 2.35. The minimum absolute atomic E-state index is 0.0816. The van der Waals surface area contributed by atoms with Crippen LogP contribution in [0.4, 0.5) is 5.69 Å². The number of hydrogen-bond donors (Lipinski definition) is 1. The molecule has 0 atom stereocenters. The van der Waals surface area contributed by atoms with E-state index in [9.17, 15) is 8.42 Å². The van der Waals surface area contributed by atoms with Gasteiger partial charge in [-0.2, -0.15) is 8.42 Å². The summed E-state index contributed by atoms with van der Waals surface area (Å²) in [5, 5.41) is 7.23. The number of aromatic nitrogens is 4. The van der Waals surface area contributed by atoms with Gasteiger partial charge in [0.15, 0.2) is 4.60 Å². The van der Waals surface area contributed by atoms with Crippen LogP contribution in [0.5, 0.6) is 5.88 Å². The Morgan fingerprint density at radius 1 is 1.43 bits per heavy atom. The van der Waals surface area contributed by atoms with E-state index in [2.05, 4.69) is 35.9 Å². The Bertz CT molecular complexity index is 725. The average molecular weight is 376 g/mol. The quantitative estimate of drug-likeness (QED) is 0.850. The fourth-order valence-electron chi connectivity index (χ4n) is 1.59. The summed E-state index contributed by atoms with van der Waals surface area (Å²) in [7, 11) is -2.38. The first kappa shape index (κ1) is 15.7. The highest BCUT2D eigenvalue weighted by Crippen LogP contribution is 2.26. The van der Waals surface area contributed by atoms with Gasteiger partial charge < -0.3 is 4.74 Å². The van der Waals surface area contributed by atoms with Gasteiger partial charge in [0.25, 0.3) is 10.0 Å². The van der Waals surface area contributed by atoms with E-state index in [1.54, 1.807) is 12.1 Å². The second-order valence-electron chi connectivity index (χ2n) is 4.44. The first-order valence-corrected chi connectivity index (χ1v) is 8.28. The second-order valence-corrected chi connectivity index (χ2v) is 6.79. The van der Waals surface area contributed by atoms with E-state index in [-0.39, 0.29) is 27.3 Å². The molecular formula is C11H14BrN5O3S. The highest BCUT2D eigenvalue weighted by atomic mass is 79.9. The topological polar surface area (TPSA) is 99.0 Å². The molecular weight excluding hydrogens is 362 g/mol. The van der Waals surface area contributed by atoms with E-state index >= 15 is 0 Å². The number of ether oxygens (including phenoxy) is 1. The van der Waals surface area contributed by atoms with Crippen molar-refractivity contribution in [3.8, 4) is 5.88 Å². The van der Waals surface area contributed by atoms with E-state index in [4.69, 9.17) is 4.74 Å². The van der Waals surface area contributed by atoms with Crippen LogP contribution in [0.3, 0.4) is 0 Å². The minimum Gasteiger partial charge on any atom is -0.473 e. The van der Waals surface area contributed by atoms with Gasteiger partial charge >= 0.3 is 0 Å². The summed E-state index contributed by atoms with van der Waals surface area (Å²) >= 11 is 3.06. The van der Waals surface area contributed by atoms with E-state index in [0.29, 0.717) is 0 Å². The summed E-state index contributed by atoms with van der Waals surface area (Å²) in [6, 6.07) is 3.18. The van der Waals surface area contributed by atoms with Crippen molar-refractivity contribution >= 4 is 31.6 Å². The lowest BCUT2D eigenvalue weighted by Crippen LogP contribution is -2.18. The van der Waals surface area contributed by atoms with Crippen LogP contribution < -0.4 is 9.46 Å². The number of nitrogens with zero attached hydrogens (tertiary/aromatic N) is 4. The molecule has 1 N–H and O–H groups in total. The van der Waals surface area contributed by atoms with Crippen molar-refractivity contribution in [2.45, 2.75) is 25.0 Å². The molecule has 2 aromatic rings. The van der Waals surface area contributed by atoms with Gasteiger partial charge in [-0.1, -0.05) is 5.21 Å². The summed E-state index contributed by atoms with van der Waals surface area (Å²) < 4.78 is 34.0. The Balaban J connectivity index is 2.38. The van der Waals surface area contributed by atoms with E-state index in [1.165, 1.54) is 13.2 Å². The van der Waals surface area contributed by atoms with Crippen molar-refractivity contribution in [1.82, 2.24) is 20.0 Å². The van der Waals surface area contributed by atoms with Crippen LogP contribution in [0.15, 0.2) is 28.0 Å². The standard InChI is InChI=1S/C11H14BrN5O3S/c1-7(2)20-10-8(5-4-6-13-10)15-21(18,19)11-9(12)14-16-17(11)3/h4-7,15H,1-3H3. The summed E-state index contributed by atoms with van der Waals surface area (Å²) in [5.74, 6) is 0.210. The van der Waals surface area contributed by atoms with Crippen molar-refractivity contribution in [3.05, 3.63) is 22.9 Å². The Hall–Kier alpha value is -1.68. The first-order valence-electron chi connectivity index (χ1n) is 6.01. The molecule has 0 aliphatic rings. The van der Waals surface area contributed by atoms with Crippen LogP contribution in [-0.4, -0.2) is 34.5 Å². The number of pyridine rings is 1. The molecule has 2 aromatic heterocycles. The zero-order valence-electron chi connectivity index (χ0n) is 11.6. The molecule has 10 heteroatoms. The van der Waals surface area contributed by atoms with Gasteiger partial charge in [0, 0.05) is 13.2 Å². The fraction of sp³-hybridized carbons (Fsp3) is 0.364. The maximum atomic E-state index is 12.4. The Morgan fingerprint density at radius 3 is 2.71 bits per heavy atom. The van der Waals surface area contributed by atoms with E-state index in [0.717, 1.165) is 4.68 Å². The van der Waals surface area contributed by atoms with Crippen LogP contribution in [0.2, 0.25) is 0 Å². The van der Waals surface area contributed by atoms with Gasteiger partial charge in [0.05, 0.1) is 6.10 Å². The van der Waals surface area contributed by atoms with Crippen molar-refractivity contribution in [3.63, 3.8) is 0 Å². The van der Waals surface area contributed by atoms with Gasteiger partial charge in [0.2, 0.25) is 10.9 Å². The number of sulfonamides is 1. The van der Waals surface area contributed by atoms with Crippen molar-refractivity contribution in [2.24, 2.45) is 7.05 Å². The Kier molecular flexibility index (Phi) is 4.47. The highest BCUT2D eigenvalue weighted by Gasteiger charge is 2.25. The number of aryl methyl sites for hydroxylation is 1. The zero-order chi connectivity index (χ0) is 15.6. The summed E-state index contributed by atoms with van der Waals surface area (Å²) in [5.41, 5.74) is 0.249. The predicted octanol–water partition coefficient (Wildman–Crippen LogP) is 1.56.